The number of anilines is 1. The van der Waals surface area contributed by atoms with E-state index in [9.17, 15) is 4.79 Å². The predicted octanol–water partition coefficient (Wildman–Crippen LogP) is 6.53. The molecule has 0 aliphatic carbocycles. The van der Waals surface area contributed by atoms with Crippen molar-refractivity contribution in [1.29, 1.82) is 0 Å². The van der Waals surface area contributed by atoms with Crippen molar-refractivity contribution >= 4 is 11.6 Å². The minimum atomic E-state index is -0.359. The van der Waals surface area contributed by atoms with Gasteiger partial charge in [0, 0.05) is 22.2 Å². The van der Waals surface area contributed by atoms with Gasteiger partial charge in [-0.3, -0.25) is 4.79 Å². The van der Waals surface area contributed by atoms with Gasteiger partial charge in [0.25, 0.3) is 5.91 Å². The summed E-state index contributed by atoms with van der Waals surface area (Å²) in [7, 11) is 0. The molecular weight excluding hydrogens is 382 g/mol. The summed E-state index contributed by atoms with van der Waals surface area (Å²) in [4.78, 5) is 15.6. The van der Waals surface area contributed by atoms with Crippen LogP contribution in [0.4, 0.5) is 5.69 Å². The number of hydrogen-bond donors (Lipinski definition) is 0. The number of rotatable bonds is 4. The van der Waals surface area contributed by atoms with Gasteiger partial charge >= 0.3 is 0 Å². The third kappa shape index (κ3) is 3.74. The third-order valence-corrected chi connectivity index (χ3v) is 6.41. The van der Waals surface area contributed by atoms with E-state index in [2.05, 4.69) is 58.0 Å². The van der Waals surface area contributed by atoms with E-state index in [0.717, 1.165) is 17.9 Å². The van der Waals surface area contributed by atoms with Crippen molar-refractivity contribution in [2.24, 2.45) is 0 Å². The van der Waals surface area contributed by atoms with Gasteiger partial charge in [0.1, 0.15) is 5.75 Å². The number of benzene rings is 3. The average molecular weight is 414 g/mol. The Bertz CT molecular complexity index is 1090. The molecule has 0 radical (unpaired) electrons. The normalized spacial score (nSPS) is 19.6. The monoisotopic (exact) mass is 413 g/mol. The van der Waals surface area contributed by atoms with Crippen molar-refractivity contribution in [3.05, 3.63) is 95.1 Å². The van der Waals surface area contributed by atoms with E-state index >= 15 is 0 Å². The molecule has 1 aliphatic rings. The van der Waals surface area contributed by atoms with Gasteiger partial charge in [0.2, 0.25) is 0 Å². The minimum absolute atomic E-state index is 0.0458. The summed E-state index contributed by atoms with van der Waals surface area (Å²) in [5.74, 6) is 0.930. The van der Waals surface area contributed by atoms with Gasteiger partial charge in [-0.2, -0.15) is 0 Å². The highest BCUT2D eigenvalue weighted by atomic mass is 16.5. The molecule has 0 bridgehead atoms. The summed E-state index contributed by atoms with van der Waals surface area (Å²) in [6, 6.07) is 24.5. The fourth-order valence-corrected chi connectivity index (χ4v) is 5.09. The molecule has 0 saturated heterocycles. The van der Waals surface area contributed by atoms with E-state index in [1.165, 1.54) is 16.7 Å². The van der Waals surface area contributed by atoms with Crippen LogP contribution in [0.5, 0.6) is 5.75 Å². The van der Waals surface area contributed by atoms with Gasteiger partial charge < -0.3 is 9.64 Å². The lowest BCUT2D eigenvalue weighted by molar-refractivity contribution is 0.0948. The highest BCUT2D eigenvalue weighted by Crippen LogP contribution is 2.51. The lowest BCUT2D eigenvalue weighted by Gasteiger charge is -2.51. The van der Waals surface area contributed by atoms with Crippen LogP contribution in [0.3, 0.4) is 0 Å². The van der Waals surface area contributed by atoms with Gasteiger partial charge in [-0.25, -0.2) is 0 Å². The first-order valence-electron chi connectivity index (χ1n) is 11.0. The van der Waals surface area contributed by atoms with Crippen LogP contribution in [0.1, 0.15) is 61.2 Å². The molecule has 1 heterocycles. The van der Waals surface area contributed by atoms with Crippen molar-refractivity contribution in [2.75, 3.05) is 11.5 Å². The van der Waals surface area contributed by atoms with Crippen molar-refractivity contribution in [3.63, 3.8) is 0 Å². The Balaban J connectivity index is 1.86. The molecule has 0 saturated carbocycles. The largest absolute Gasteiger partial charge is 0.494 e. The molecule has 1 amide bonds. The number of amides is 1. The maximum Gasteiger partial charge on any atom is 0.258 e. The second-order valence-electron chi connectivity index (χ2n) is 9.31. The Labute approximate surface area is 185 Å². The van der Waals surface area contributed by atoms with E-state index in [1.54, 1.807) is 0 Å². The van der Waals surface area contributed by atoms with Gasteiger partial charge in [-0.05, 0) is 75.6 Å². The topological polar surface area (TPSA) is 29.5 Å². The molecule has 3 heteroatoms. The molecule has 31 heavy (non-hydrogen) atoms. The molecule has 3 aromatic rings. The first kappa shape index (κ1) is 21.2. The summed E-state index contributed by atoms with van der Waals surface area (Å²) < 4.78 is 5.66. The van der Waals surface area contributed by atoms with E-state index in [-0.39, 0.29) is 16.9 Å². The quantitative estimate of drug-likeness (QED) is 0.487. The van der Waals surface area contributed by atoms with Crippen molar-refractivity contribution in [1.82, 2.24) is 0 Å². The van der Waals surface area contributed by atoms with Crippen molar-refractivity contribution in [3.8, 4) is 5.75 Å². The third-order valence-electron chi connectivity index (χ3n) is 6.41. The van der Waals surface area contributed by atoms with Gasteiger partial charge in [-0.15, -0.1) is 0 Å². The van der Waals surface area contributed by atoms with Crippen molar-refractivity contribution in [2.45, 2.75) is 52.0 Å². The molecule has 0 aromatic heterocycles. The molecule has 0 N–H and O–H groups in total. The first-order chi connectivity index (χ1) is 14.8. The number of ether oxygens (including phenoxy) is 1. The van der Waals surface area contributed by atoms with Crippen LogP contribution >= 0.6 is 0 Å². The molecule has 0 fully saturated rings. The fraction of sp³-hybridized carbons (Fsp3) is 0.321. The van der Waals surface area contributed by atoms with Crippen molar-refractivity contribution < 1.29 is 9.53 Å². The van der Waals surface area contributed by atoms with Gasteiger partial charge in [-0.1, -0.05) is 55.0 Å². The lowest BCUT2D eigenvalue weighted by Crippen LogP contribution is -2.55. The van der Waals surface area contributed by atoms with Gasteiger partial charge in [0.15, 0.2) is 0 Å². The number of carbonyl (C=O) groups excluding carboxylic acids is 1. The maximum atomic E-state index is 13.6. The number of hydrogen-bond acceptors (Lipinski definition) is 2. The van der Waals surface area contributed by atoms with Gasteiger partial charge in [0.05, 0.1) is 6.61 Å². The van der Waals surface area contributed by atoms with Crippen LogP contribution in [0.15, 0.2) is 72.8 Å². The molecule has 0 spiro atoms. The zero-order chi connectivity index (χ0) is 22.2. The van der Waals surface area contributed by atoms with Crippen LogP contribution < -0.4 is 9.64 Å². The Morgan fingerprint density at radius 1 is 0.968 bits per heavy atom. The summed E-state index contributed by atoms with van der Waals surface area (Å²) in [5, 5.41) is 0. The summed E-state index contributed by atoms with van der Waals surface area (Å²) >= 11 is 0. The molecule has 3 aromatic carbocycles. The average Bonchev–Trinajstić information content (AvgIpc) is 2.75. The smallest absolute Gasteiger partial charge is 0.258 e. The van der Waals surface area contributed by atoms with Crippen LogP contribution in [-0.2, 0) is 5.41 Å². The van der Waals surface area contributed by atoms with E-state index < -0.39 is 0 Å². The molecule has 4 rings (SSSR count). The Morgan fingerprint density at radius 3 is 2.29 bits per heavy atom. The standard InChI is InChI=1S/C28H31NO2/c1-6-31-23-15-13-22(14-16-23)28(5)19-27(3,4)29(25-17-12-20(2)18-24(25)28)26(30)21-10-8-7-9-11-21/h7-18H,6,19H2,1-5H3/t28-/m0/s1. The van der Waals surface area contributed by atoms with Crippen LogP contribution in [0, 0.1) is 6.92 Å². The van der Waals surface area contributed by atoms with E-state index in [1.807, 2.05) is 54.3 Å². The Hall–Kier alpha value is -3.07. The minimum Gasteiger partial charge on any atom is -0.494 e. The molecule has 3 nitrogen and oxygen atoms in total. The number of aryl methyl sites for hydroxylation is 1. The second kappa shape index (κ2) is 7.88. The molecule has 1 aliphatic heterocycles. The molecule has 160 valence electrons. The zero-order valence-electron chi connectivity index (χ0n) is 19.1. The molecule has 1 atom stereocenters. The molecular formula is C28H31NO2. The number of carbonyl (C=O) groups is 1. The van der Waals surface area contributed by atoms with E-state index in [4.69, 9.17) is 4.74 Å². The SMILES string of the molecule is CCOc1ccc([C@]2(C)CC(C)(C)N(C(=O)c3ccccc3)c3ccc(C)cc32)cc1. The zero-order valence-corrected chi connectivity index (χ0v) is 19.1. The highest BCUT2D eigenvalue weighted by Gasteiger charge is 2.47. The predicted molar refractivity (Wildman–Crippen MR) is 127 cm³/mol. The second-order valence-corrected chi connectivity index (χ2v) is 9.31. The Kier molecular flexibility index (Phi) is 5.38. The van der Waals surface area contributed by atoms with Crippen LogP contribution in [-0.4, -0.2) is 18.1 Å². The summed E-state index contributed by atoms with van der Waals surface area (Å²) in [6.07, 6.45) is 0.822. The first-order valence-corrected chi connectivity index (χ1v) is 11.0. The maximum absolute atomic E-state index is 13.6. The number of nitrogens with zero attached hydrogens (tertiary/aromatic N) is 1. The lowest BCUT2D eigenvalue weighted by atomic mass is 9.65. The number of fused-ring (bicyclic) bond motifs is 1. The summed E-state index contributed by atoms with van der Waals surface area (Å²) in [6.45, 7) is 11.4. The Morgan fingerprint density at radius 2 is 1.65 bits per heavy atom. The fourth-order valence-electron chi connectivity index (χ4n) is 5.09. The van der Waals surface area contributed by atoms with Crippen LogP contribution in [0.25, 0.3) is 0 Å². The van der Waals surface area contributed by atoms with Crippen LogP contribution in [0.2, 0.25) is 0 Å². The van der Waals surface area contributed by atoms with E-state index in [0.29, 0.717) is 12.2 Å². The molecule has 0 unspecified atom stereocenters. The highest BCUT2D eigenvalue weighted by molar-refractivity contribution is 6.08. The summed E-state index contributed by atoms with van der Waals surface area (Å²) in [5.41, 5.74) is 4.76.